The second-order valence-electron chi connectivity index (χ2n) is 4.67. The number of benzene rings is 1. The molecule has 1 aromatic carbocycles. The Hall–Kier alpha value is -0.820. The largest absolute Gasteiger partial charge is 0.325 e. The average Bonchev–Trinajstić information content (AvgIpc) is 2.17. The van der Waals surface area contributed by atoms with E-state index in [9.17, 15) is 0 Å². The van der Waals surface area contributed by atoms with Gasteiger partial charge in [-0.15, -0.1) is 0 Å². The second kappa shape index (κ2) is 3.39. The lowest BCUT2D eigenvalue weighted by atomic mass is 9.70. The summed E-state index contributed by atoms with van der Waals surface area (Å²) in [5.74, 6) is 0.535. The summed E-state index contributed by atoms with van der Waals surface area (Å²) in [4.78, 5) is 0. The van der Waals surface area contributed by atoms with Gasteiger partial charge in [-0.3, -0.25) is 0 Å². The first kappa shape index (κ1) is 9.72. The van der Waals surface area contributed by atoms with Gasteiger partial charge in [0.25, 0.3) is 0 Å². The Bertz CT molecular complexity index is 328. The van der Waals surface area contributed by atoms with Crippen molar-refractivity contribution in [2.45, 2.75) is 44.6 Å². The zero-order valence-corrected chi connectivity index (χ0v) is 9.09. The number of hydrogen-bond acceptors (Lipinski definition) is 1. The molecule has 0 saturated carbocycles. The summed E-state index contributed by atoms with van der Waals surface area (Å²) in [6, 6.07) is 8.74. The third-order valence-electron chi connectivity index (χ3n) is 3.57. The molecule has 76 valence electrons. The van der Waals surface area contributed by atoms with Crippen molar-refractivity contribution in [3.63, 3.8) is 0 Å². The molecular weight excluding hydrogens is 170 g/mol. The van der Waals surface area contributed by atoms with Gasteiger partial charge in [-0.05, 0) is 37.3 Å². The van der Waals surface area contributed by atoms with Crippen LogP contribution in [0.5, 0.6) is 0 Å². The topological polar surface area (TPSA) is 26.0 Å². The maximum Gasteiger partial charge on any atom is 0.0198 e. The highest BCUT2D eigenvalue weighted by Gasteiger charge is 2.34. The molecule has 1 aliphatic rings. The van der Waals surface area contributed by atoms with Crippen molar-refractivity contribution < 1.29 is 0 Å². The first-order chi connectivity index (χ1) is 6.65. The highest BCUT2D eigenvalue weighted by Crippen LogP contribution is 2.39. The van der Waals surface area contributed by atoms with Crippen LogP contribution in [0.2, 0.25) is 0 Å². The van der Waals surface area contributed by atoms with Gasteiger partial charge in [0, 0.05) is 11.5 Å². The van der Waals surface area contributed by atoms with Gasteiger partial charge in [0.15, 0.2) is 0 Å². The predicted octanol–water partition coefficient (Wildman–Crippen LogP) is 2.84. The molecule has 1 aliphatic carbocycles. The van der Waals surface area contributed by atoms with E-state index in [1.807, 2.05) is 0 Å². The van der Waals surface area contributed by atoms with Gasteiger partial charge >= 0.3 is 0 Å². The summed E-state index contributed by atoms with van der Waals surface area (Å²) in [6.07, 6.45) is 3.40. The molecule has 2 N–H and O–H groups in total. The molecule has 0 aromatic heterocycles. The SMILES string of the molecule is CC[C@H]1c2ccccc2CC[C@@]1(C)N. The smallest absolute Gasteiger partial charge is 0.0198 e. The summed E-state index contributed by atoms with van der Waals surface area (Å²) in [5.41, 5.74) is 9.32. The first-order valence-corrected chi connectivity index (χ1v) is 5.52. The lowest BCUT2D eigenvalue weighted by molar-refractivity contribution is 0.323. The molecule has 0 unspecified atom stereocenters. The average molecular weight is 189 g/mol. The quantitative estimate of drug-likeness (QED) is 0.722. The molecule has 0 heterocycles. The molecule has 2 atom stereocenters. The van der Waals surface area contributed by atoms with E-state index in [4.69, 9.17) is 5.73 Å². The van der Waals surface area contributed by atoms with E-state index in [2.05, 4.69) is 38.1 Å². The van der Waals surface area contributed by atoms with Crippen LogP contribution in [0.3, 0.4) is 0 Å². The van der Waals surface area contributed by atoms with Gasteiger partial charge < -0.3 is 5.73 Å². The van der Waals surface area contributed by atoms with Gasteiger partial charge in [-0.2, -0.15) is 0 Å². The van der Waals surface area contributed by atoms with Crippen molar-refractivity contribution in [1.29, 1.82) is 0 Å². The summed E-state index contributed by atoms with van der Waals surface area (Å²) in [7, 11) is 0. The Morgan fingerprint density at radius 1 is 1.43 bits per heavy atom. The normalized spacial score (nSPS) is 31.2. The molecule has 0 radical (unpaired) electrons. The Balaban J connectivity index is 2.45. The lowest BCUT2D eigenvalue weighted by Crippen LogP contribution is -2.45. The predicted molar refractivity (Wildman–Crippen MR) is 60.4 cm³/mol. The molecule has 0 amide bonds. The van der Waals surface area contributed by atoms with Gasteiger partial charge in [-0.25, -0.2) is 0 Å². The molecule has 1 heteroatoms. The van der Waals surface area contributed by atoms with Crippen molar-refractivity contribution in [2.24, 2.45) is 5.73 Å². The molecule has 0 spiro atoms. The third kappa shape index (κ3) is 1.46. The van der Waals surface area contributed by atoms with Crippen LogP contribution in [0.25, 0.3) is 0 Å². The van der Waals surface area contributed by atoms with E-state index < -0.39 is 0 Å². The van der Waals surface area contributed by atoms with E-state index >= 15 is 0 Å². The highest BCUT2D eigenvalue weighted by atomic mass is 14.7. The van der Waals surface area contributed by atoms with Crippen LogP contribution in [0.15, 0.2) is 24.3 Å². The van der Waals surface area contributed by atoms with E-state index in [1.54, 1.807) is 0 Å². The molecular formula is C13H19N. The number of aryl methyl sites for hydroxylation is 1. The van der Waals surface area contributed by atoms with E-state index in [0.717, 1.165) is 19.3 Å². The molecule has 0 fully saturated rings. The van der Waals surface area contributed by atoms with Crippen LogP contribution < -0.4 is 5.73 Å². The van der Waals surface area contributed by atoms with Crippen LogP contribution in [0.1, 0.15) is 43.7 Å². The standard InChI is InChI=1S/C13H19N/c1-3-12-11-7-5-4-6-10(11)8-9-13(12,2)14/h4-7,12H,3,8-9,14H2,1-2H3/t12-,13+/m0/s1. The molecule has 14 heavy (non-hydrogen) atoms. The zero-order valence-electron chi connectivity index (χ0n) is 9.09. The maximum absolute atomic E-state index is 6.35. The van der Waals surface area contributed by atoms with Crippen molar-refractivity contribution in [3.8, 4) is 0 Å². The first-order valence-electron chi connectivity index (χ1n) is 5.52. The van der Waals surface area contributed by atoms with E-state index in [0.29, 0.717) is 5.92 Å². The summed E-state index contributed by atoms with van der Waals surface area (Å²) in [6.45, 7) is 4.43. The Morgan fingerprint density at radius 3 is 2.86 bits per heavy atom. The number of fused-ring (bicyclic) bond motifs is 1. The number of hydrogen-bond donors (Lipinski definition) is 1. The molecule has 0 saturated heterocycles. The van der Waals surface area contributed by atoms with Crippen LogP contribution in [0.4, 0.5) is 0 Å². The zero-order chi connectivity index (χ0) is 10.2. The van der Waals surface area contributed by atoms with Crippen molar-refractivity contribution in [1.82, 2.24) is 0 Å². The number of rotatable bonds is 1. The van der Waals surface area contributed by atoms with Crippen LogP contribution in [-0.2, 0) is 6.42 Å². The molecule has 0 aliphatic heterocycles. The van der Waals surface area contributed by atoms with Gasteiger partial charge in [-0.1, -0.05) is 31.2 Å². The highest BCUT2D eigenvalue weighted by molar-refractivity contribution is 5.35. The lowest BCUT2D eigenvalue weighted by Gasteiger charge is -2.39. The minimum Gasteiger partial charge on any atom is -0.325 e. The van der Waals surface area contributed by atoms with Crippen LogP contribution in [-0.4, -0.2) is 5.54 Å². The Kier molecular flexibility index (Phi) is 2.36. The van der Waals surface area contributed by atoms with E-state index in [-0.39, 0.29) is 5.54 Å². The van der Waals surface area contributed by atoms with Crippen molar-refractivity contribution in [2.75, 3.05) is 0 Å². The third-order valence-corrected chi connectivity index (χ3v) is 3.57. The van der Waals surface area contributed by atoms with Gasteiger partial charge in [0.05, 0.1) is 0 Å². The van der Waals surface area contributed by atoms with Crippen molar-refractivity contribution in [3.05, 3.63) is 35.4 Å². The number of nitrogens with two attached hydrogens (primary N) is 1. The van der Waals surface area contributed by atoms with Crippen LogP contribution in [0, 0.1) is 0 Å². The molecule has 2 rings (SSSR count). The van der Waals surface area contributed by atoms with Crippen LogP contribution >= 0.6 is 0 Å². The monoisotopic (exact) mass is 189 g/mol. The summed E-state index contributed by atoms with van der Waals surface area (Å²) >= 11 is 0. The fraction of sp³-hybridized carbons (Fsp3) is 0.538. The minimum absolute atomic E-state index is 0.0108. The minimum atomic E-state index is -0.0108. The maximum atomic E-state index is 6.35. The van der Waals surface area contributed by atoms with E-state index in [1.165, 1.54) is 11.1 Å². The fourth-order valence-electron chi connectivity index (χ4n) is 2.72. The van der Waals surface area contributed by atoms with Gasteiger partial charge in [0.1, 0.15) is 0 Å². The summed E-state index contributed by atoms with van der Waals surface area (Å²) < 4.78 is 0. The fourth-order valence-corrected chi connectivity index (χ4v) is 2.72. The Morgan fingerprint density at radius 2 is 2.14 bits per heavy atom. The molecule has 1 aromatic rings. The summed E-state index contributed by atoms with van der Waals surface area (Å²) in [5, 5.41) is 0. The second-order valence-corrected chi connectivity index (χ2v) is 4.67. The molecule has 0 bridgehead atoms. The van der Waals surface area contributed by atoms with Gasteiger partial charge in [0.2, 0.25) is 0 Å². The van der Waals surface area contributed by atoms with Crippen molar-refractivity contribution >= 4 is 0 Å². The molecule has 1 nitrogen and oxygen atoms in total. The Labute approximate surface area is 86.3 Å².